The molecular formula is C23H22ClN3O4S. The highest BCUT2D eigenvalue weighted by molar-refractivity contribution is 7.89. The fourth-order valence-corrected chi connectivity index (χ4v) is 5.14. The van der Waals surface area contributed by atoms with Crippen LogP contribution in [0.25, 0.3) is 0 Å². The number of benzene rings is 3. The summed E-state index contributed by atoms with van der Waals surface area (Å²) in [6, 6.07) is 17.6. The average Bonchev–Trinajstić information content (AvgIpc) is 2.74. The fourth-order valence-electron chi connectivity index (χ4n) is 3.45. The van der Waals surface area contributed by atoms with Gasteiger partial charge in [-0.3, -0.25) is 9.59 Å². The molecular weight excluding hydrogens is 450 g/mol. The summed E-state index contributed by atoms with van der Waals surface area (Å²) in [6.45, 7) is 1.54. The minimum Gasteiger partial charge on any atom is -0.368 e. The Morgan fingerprint density at radius 3 is 2.12 bits per heavy atom. The van der Waals surface area contributed by atoms with Crippen molar-refractivity contribution in [2.24, 2.45) is 11.5 Å². The fraction of sp³-hybridized carbons (Fsp3) is 0.130. The second-order valence-corrected chi connectivity index (χ2v) is 9.56. The van der Waals surface area contributed by atoms with E-state index in [1.54, 1.807) is 49.4 Å². The molecule has 0 bridgehead atoms. The summed E-state index contributed by atoms with van der Waals surface area (Å²) in [5.41, 5.74) is 13.0. The number of hydrogen-bond donors (Lipinski definition) is 2. The van der Waals surface area contributed by atoms with E-state index in [4.69, 9.17) is 23.1 Å². The third-order valence-corrected chi connectivity index (χ3v) is 7.06. The minimum absolute atomic E-state index is 0.0328. The molecule has 4 N–H and O–H groups in total. The van der Waals surface area contributed by atoms with E-state index < -0.39 is 27.9 Å². The third kappa shape index (κ3) is 4.99. The molecule has 0 unspecified atom stereocenters. The number of nitrogens with two attached hydrogens (primary N) is 2. The maximum Gasteiger partial charge on any atom is 0.248 e. The summed E-state index contributed by atoms with van der Waals surface area (Å²) in [4.78, 5) is 24.0. The molecule has 0 aromatic heterocycles. The Morgan fingerprint density at radius 1 is 0.969 bits per heavy atom. The van der Waals surface area contributed by atoms with Crippen LogP contribution in [0.4, 0.5) is 0 Å². The van der Waals surface area contributed by atoms with Gasteiger partial charge in [0.05, 0.1) is 4.90 Å². The van der Waals surface area contributed by atoms with Gasteiger partial charge in [-0.1, -0.05) is 54.1 Å². The smallest absolute Gasteiger partial charge is 0.248 e. The second-order valence-electron chi connectivity index (χ2n) is 7.23. The molecule has 2 amide bonds. The highest BCUT2D eigenvalue weighted by Gasteiger charge is 2.36. The van der Waals surface area contributed by atoms with Crippen LogP contribution in [0.3, 0.4) is 0 Å². The molecule has 0 aliphatic carbocycles. The average molecular weight is 472 g/mol. The van der Waals surface area contributed by atoms with Gasteiger partial charge in [-0.15, -0.1) is 0 Å². The Balaban J connectivity index is 2.14. The molecule has 0 aliphatic rings. The van der Waals surface area contributed by atoms with E-state index in [-0.39, 0.29) is 11.4 Å². The topological polar surface area (TPSA) is 124 Å². The number of carbonyl (C=O) groups excluding carboxylic acids is 2. The standard InChI is InChI=1S/C23H22ClN3O4S/c1-15-13-16(7-12-20(15)22(25)28)14-27(21(23(26)29)17-5-3-2-4-6-17)32(30,31)19-10-8-18(24)9-11-19/h2-13,21H,14H2,1H3,(H2,25,28)(H2,26,29)/t21-/m1/s1. The van der Waals surface area contributed by atoms with E-state index in [9.17, 15) is 18.0 Å². The number of amides is 2. The Kier molecular flexibility index (Phi) is 6.98. The number of nitrogens with zero attached hydrogens (tertiary/aromatic N) is 1. The Bertz CT molecular complexity index is 1250. The van der Waals surface area contributed by atoms with Gasteiger partial charge in [0, 0.05) is 17.1 Å². The van der Waals surface area contributed by atoms with E-state index in [0.29, 0.717) is 27.3 Å². The molecule has 32 heavy (non-hydrogen) atoms. The minimum atomic E-state index is -4.17. The van der Waals surface area contributed by atoms with E-state index in [2.05, 4.69) is 0 Å². The Hall–Kier alpha value is -3.20. The first-order valence-corrected chi connectivity index (χ1v) is 11.4. The predicted octanol–water partition coefficient (Wildman–Crippen LogP) is 3.16. The summed E-state index contributed by atoms with van der Waals surface area (Å²) >= 11 is 5.92. The van der Waals surface area contributed by atoms with Gasteiger partial charge in [-0.2, -0.15) is 4.31 Å². The number of sulfonamides is 1. The number of hydrogen-bond acceptors (Lipinski definition) is 4. The molecule has 0 fully saturated rings. The van der Waals surface area contributed by atoms with Crippen molar-refractivity contribution < 1.29 is 18.0 Å². The predicted molar refractivity (Wildman–Crippen MR) is 122 cm³/mol. The van der Waals surface area contributed by atoms with Crippen molar-refractivity contribution in [3.63, 3.8) is 0 Å². The van der Waals surface area contributed by atoms with Crippen LogP contribution in [-0.4, -0.2) is 24.5 Å². The molecule has 9 heteroatoms. The van der Waals surface area contributed by atoms with E-state index in [1.165, 1.54) is 30.3 Å². The summed E-state index contributed by atoms with van der Waals surface area (Å²) in [6.07, 6.45) is 0. The van der Waals surface area contributed by atoms with Crippen LogP contribution in [-0.2, 0) is 21.4 Å². The summed E-state index contributed by atoms with van der Waals surface area (Å²) < 4.78 is 28.3. The SMILES string of the molecule is Cc1cc(CN([C@@H](C(N)=O)c2ccccc2)S(=O)(=O)c2ccc(Cl)cc2)ccc1C(N)=O. The lowest BCUT2D eigenvalue weighted by Crippen LogP contribution is -2.41. The van der Waals surface area contributed by atoms with Gasteiger partial charge < -0.3 is 11.5 Å². The lowest BCUT2D eigenvalue weighted by Gasteiger charge is -2.29. The van der Waals surface area contributed by atoms with Gasteiger partial charge in [0.2, 0.25) is 21.8 Å². The number of halogens is 1. The third-order valence-electron chi connectivity index (χ3n) is 4.99. The largest absolute Gasteiger partial charge is 0.368 e. The van der Waals surface area contributed by atoms with Gasteiger partial charge in [-0.05, 0) is 53.9 Å². The van der Waals surface area contributed by atoms with E-state index in [1.807, 2.05) is 0 Å². The van der Waals surface area contributed by atoms with Crippen molar-refractivity contribution >= 4 is 33.4 Å². The summed E-state index contributed by atoms with van der Waals surface area (Å²) in [7, 11) is -4.17. The molecule has 3 aromatic rings. The van der Waals surface area contributed by atoms with Gasteiger partial charge in [0.1, 0.15) is 6.04 Å². The molecule has 1 atom stereocenters. The van der Waals surface area contributed by atoms with E-state index in [0.717, 1.165) is 4.31 Å². The number of aryl methyl sites for hydroxylation is 1. The molecule has 0 spiro atoms. The highest BCUT2D eigenvalue weighted by Crippen LogP contribution is 2.30. The van der Waals surface area contributed by atoms with Crippen molar-refractivity contribution in [2.75, 3.05) is 0 Å². The highest BCUT2D eigenvalue weighted by atomic mass is 35.5. The molecule has 3 rings (SSSR count). The van der Waals surface area contributed by atoms with Crippen molar-refractivity contribution in [1.29, 1.82) is 0 Å². The van der Waals surface area contributed by atoms with Crippen LogP contribution in [0.2, 0.25) is 5.02 Å². The summed E-state index contributed by atoms with van der Waals surface area (Å²) in [5, 5.41) is 0.377. The molecule has 0 saturated heterocycles. The normalized spacial score (nSPS) is 12.5. The first-order chi connectivity index (χ1) is 15.1. The second kappa shape index (κ2) is 9.52. The van der Waals surface area contributed by atoms with Crippen LogP contribution in [0.1, 0.15) is 33.1 Å². The number of carbonyl (C=O) groups is 2. The lowest BCUT2D eigenvalue weighted by molar-refractivity contribution is -0.122. The van der Waals surface area contributed by atoms with E-state index >= 15 is 0 Å². The van der Waals surface area contributed by atoms with Gasteiger partial charge in [-0.25, -0.2) is 8.42 Å². The van der Waals surface area contributed by atoms with Crippen molar-refractivity contribution in [2.45, 2.75) is 24.4 Å². The molecule has 0 saturated carbocycles. The van der Waals surface area contributed by atoms with Gasteiger partial charge in [0.25, 0.3) is 0 Å². The Morgan fingerprint density at radius 2 is 1.59 bits per heavy atom. The van der Waals surface area contributed by atoms with Crippen LogP contribution < -0.4 is 11.5 Å². The quantitative estimate of drug-likeness (QED) is 0.523. The van der Waals surface area contributed by atoms with Crippen LogP contribution in [0, 0.1) is 6.92 Å². The molecule has 7 nitrogen and oxygen atoms in total. The Labute approximate surface area is 191 Å². The molecule has 0 heterocycles. The maximum absolute atomic E-state index is 13.6. The zero-order valence-corrected chi connectivity index (χ0v) is 18.8. The van der Waals surface area contributed by atoms with Crippen molar-refractivity contribution in [1.82, 2.24) is 4.31 Å². The number of rotatable bonds is 8. The molecule has 3 aromatic carbocycles. The van der Waals surface area contributed by atoms with Crippen LogP contribution >= 0.6 is 11.6 Å². The zero-order chi connectivity index (χ0) is 23.5. The van der Waals surface area contributed by atoms with Crippen LogP contribution in [0.5, 0.6) is 0 Å². The molecule has 0 radical (unpaired) electrons. The van der Waals surface area contributed by atoms with Crippen LogP contribution in [0.15, 0.2) is 77.7 Å². The number of primary amides is 2. The first kappa shape index (κ1) is 23.5. The first-order valence-electron chi connectivity index (χ1n) is 9.62. The monoisotopic (exact) mass is 471 g/mol. The molecule has 166 valence electrons. The van der Waals surface area contributed by atoms with Crippen molar-refractivity contribution in [3.8, 4) is 0 Å². The zero-order valence-electron chi connectivity index (χ0n) is 17.2. The maximum atomic E-state index is 13.6. The van der Waals surface area contributed by atoms with Gasteiger partial charge in [0.15, 0.2) is 0 Å². The summed E-state index contributed by atoms with van der Waals surface area (Å²) in [5.74, 6) is -1.40. The van der Waals surface area contributed by atoms with Gasteiger partial charge >= 0.3 is 0 Å². The molecule has 0 aliphatic heterocycles. The lowest BCUT2D eigenvalue weighted by atomic mass is 10.0. The van der Waals surface area contributed by atoms with Crippen molar-refractivity contribution in [3.05, 3.63) is 100 Å².